The Bertz CT molecular complexity index is 254. The first-order valence-electron chi connectivity index (χ1n) is 6.59. The number of nitrogens with zero attached hydrogens (tertiary/aromatic N) is 1. The molecule has 1 atom stereocenters. The van der Waals surface area contributed by atoms with Gasteiger partial charge in [-0.1, -0.05) is 0 Å². The Morgan fingerprint density at radius 1 is 1.35 bits per heavy atom. The molecule has 17 heavy (non-hydrogen) atoms. The van der Waals surface area contributed by atoms with Gasteiger partial charge in [-0.2, -0.15) is 0 Å². The van der Waals surface area contributed by atoms with Crippen LogP contribution in [-0.4, -0.2) is 55.7 Å². The highest BCUT2D eigenvalue weighted by Gasteiger charge is 2.21. The predicted molar refractivity (Wildman–Crippen MR) is 65.6 cm³/mol. The maximum Gasteiger partial charge on any atom is 0.234 e. The second-order valence-electron chi connectivity index (χ2n) is 5.09. The first-order valence-corrected chi connectivity index (χ1v) is 6.59. The molecule has 0 bridgehead atoms. The number of carbonyl (C=O) groups excluding carboxylic acids is 1. The first kappa shape index (κ1) is 12.8. The fourth-order valence-electron chi connectivity index (χ4n) is 2.55. The molecule has 2 saturated heterocycles. The molecule has 0 spiro atoms. The summed E-state index contributed by atoms with van der Waals surface area (Å²) in [6, 6.07) is 0.536. The Morgan fingerprint density at radius 3 is 2.82 bits per heavy atom. The summed E-state index contributed by atoms with van der Waals surface area (Å²) in [4.78, 5) is 14.0. The van der Waals surface area contributed by atoms with Gasteiger partial charge in [-0.3, -0.25) is 9.69 Å². The molecule has 3 N–H and O–H groups in total. The maximum absolute atomic E-state index is 11.9. The Morgan fingerprint density at radius 2 is 2.12 bits per heavy atom. The third kappa shape index (κ3) is 4.26. The average molecular weight is 241 g/mol. The number of ether oxygens (including phenoxy) is 1. The van der Waals surface area contributed by atoms with Crippen molar-refractivity contribution in [1.82, 2.24) is 10.2 Å². The molecule has 1 unspecified atom stereocenters. The smallest absolute Gasteiger partial charge is 0.234 e. The highest BCUT2D eigenvalue weighted by molar-refractivity contribution is 5.78. The van der Waals surface area contributed by atoms with E-state index in [4.69, 9.17) is 10.5 Å². The Hall–Kier alpha value is -0.650. The maximum atomic E-state index is 11.9. The van der Waals surface area contributed by atoms with Crippen LogP contribution in [0.4, 0.5) is 0 Å². The highest BCUT2D eigenvalue weighted by Crippen LogP contribution is 2.09. The van der Waals surface area contributed by atoms with E-state index in [2.05, 4.69) is 10.2 Å². The Balaban J connectivity index is 1.68. The number of carbonyl (C=O) groups is 1. The predicted octanol–water partition coefficient (Wildman–Crippen LogP) is -0.295. The summed E-state index contributed by atoms with van der Waals surface area (Å²) in [6.07, 6.45) is 4.06. The van der Waals surface area contributed by atoms with Crippen molar-refractivity contribution in [2.45, 2.75) is 37.8 Å². The van der Waals surface area contributed by atoms with Crippen LogP contribution in [0.15, 0.2) is 0 Å². The topological polar surface area (TPSA) is 67.6 Å². The van der Waals surface area contributed by atoms with E-state index in [0.717, 1.165) is 52.0 Å². The number of hydrogen-bond acceptors (Lipinski definition) is 4. The van der Waals surface area contributed by atoms with Gasteiger partial charge >= 0.3 is 0 Å². The summed E-state index contributed by atoms with van der Waals surface area (Å²) in [5.41, 5.74) is 5.90. The number of nitrogens with two attached hydrogens (primary N) is 1. The van der Waals surface area contributed by atoms with Crippen LogP contribution in [-0.2, 0) is 9.53 Å². The molecule has 2 aliphatic rings. The van der Waals surface area contributed by atoms with Crippen LogP contribution in [0.2, 0.25) is 0 Å². The van der Waals surface area contributed by atoms with Gasteiger partial charge < -0.3 is 15.8 Å². The van der Waals surface area contributed by atoms with Crippen molar-refractivity contribution in [3.63, 3.8) is 0 Å². The minimum absolute atomic E-state index is 0.131. The number of amides is 1. The van der Waals surface area contributed by atoms with Crippen molar-refractivity contribution < 1.29 is 9.53 Å². The zero-order valence-corrected chi connectivity index (χ0v) is 10.4. The van der Waals surface area contributed by atoms with Gasteiger partial charge in [0.2, 0.25) is 5.91 Å². The number of piperidine rings is 1. The molecule has 98 valence electrons. The third-order valence-electron chi connectivity index (χ3n) is 3.50. The average Bonchev–Trinajstić information content (AvgIpc) is 2.30. The molecule has 2 rings (SSSR count). The van der Waals surface area contributed by atoms with E-state index < -0.39 is 0 Å². The van der Waals surface area contributed by atoms with E-state index in [-0.39, 0.29) is 11.9 Å². The molecule has 0 aromatic heterocycles. The number of hydrogen-bond donors (Lipinski definition) is 2. The second kappa shape index (κ2) is 6.33. The van der Waals surface area contributed by atoms with Crippen molar-refractivity contribution in [1.29, 1.82) is 0 Å². The number of likely N-dealkylation sites (tertiary alicyclic amines) is 1. The molecule has 0 aromatic rings. The highest BCUT2D eigenvalue weighted by atomic mass is 16.5. The van der Waals surface area contributed by atoms with Gasteiger partial charge in [0.05, 0.1) is 6.54 Å². The van der Waals surface area contributed by atoms with Gasteiger partial charge in [-0.25, -0.2) is 0 Å². The molecule has 2 heterocycles. The lowest BCUT2D eigenvalue weighted by atomic mass is 10.1. The van der Waals surface area contributed by atoms with Crippen LogP contribution in [0.5, 0.6) is 0 Å². The Labute approximate surface area is 103 Å². The second-order valence-corrected chi connectivity index (χ2v) is 5.09. The lowest BCUT2D eigenvalue weighted by molar-refractivity contribution is -0.123. The lowest BCUT2D eigenvalue weighted by Crippen LogP contribution is -2.49. The molecule has 2 fully saturated rings. The molecular weight excluding hydrogens is 218 g/mol. The van der Waals surface area contributed by atoms with E-state index in [1.807, 2.05) is 0 Å². The summed E-state index contributed by atoms with van der Waals surface area (Å²) >= 11 is 0. The van der Waals surface area contributed by atoms with Crippen molar-refractivity contribution in [3.05, 3.63) is 0 Å². The number of nitrogens with one attached hydrogen (secondary N) is 1. The van der Waals surface area contributed by atoms with Gasteiger partial charge in [-0.05, 0) is 32.2 Å². The monoisotopic (exact) mass is 241 g/mol. The van der Waals surface area contributed by atoms with Crippen LogP contribution in [0.3, 0.4) is 0 Å². The van der Waals surface area contributed by atoms with E-state index in [1.54, 1.807) is 0 Å². The van der Waals surface area contributed by atoms with E-state index in [0.29, 0.717) is 12.6 Å². The van der Waals surface area contributed by atoms with E-state index >= 15 is 0 Å². The van der Waals surface area contributed by atoms with Crippen LogP contribution < -0.4 is 11.1 Å². The van der Waals surface area contributed by atoms with Gasteiger partial charge in [0.15, 0.2) is 0 Å². The molecule has 1 amide bonds. The molecule has 0 aliphatic carbocycles. The molecular formula is C12H23N3O2. The lowest BCUT2D eigenvalue weighted by Gasteiger charge is -2.31. The van der Waals surface area contributed by atoms with Crippen molar-refractivity contribution in [3.8, 4) is 0 Å². The standard InChI is InChI=1S/C12H23N3O2/c13-10-2-1-5-15(8-10)9-12(16)14-11-3-6-17-7-4-11/h10-11H,1-9,13H2,(H,14,16). The summed E-state index contributed by atoms with van der Waals surface area (Å²) in [5.74, 6) is 0.131. The number of rotatable bonds is 3. The van der Waals surface area contributed by atoms with Crippen LogP contribution in [0.25, 0.3) is 0 Å². The molecule has 0 radical (unpaired) electrons. The molecule has 0 saturated carbocycles. The summed E-state index contributed by atoms with van der Waals surface area (Å²) in [6.45, 7) is 3.86. The van der Waals surface area contributed by atoms with Crippen molar-refractivity contribution >= 4 is 5.91 Å². The van der Waals surface area contributed by atoms with Crippen LogP contribution >= 0.6 is 0 Å². The summed E-state index contributed by atoms with van der Waals surface area (Å²) in [7, 11) is 0. The van der Waals surface area contributed by atoms with Gasteiger partial charge in [0, 0.05) is 31.8 Å². The molecule has 0 aromatic carbocycles. The van der Waals surface area contributed by atoms with Crippen molar-refractivity contribution in [2.24, 2.45) is 5.73 Å². The molecule has 2 aliphatic heterocycles. The zero-order valence-electron chi connectivity index (χ0n) is 10.4. The van der Waals surface area contributed by atoms with E-state index in [1.165, 1.54) is 0 Å². The van der Waals surface area contributed by atoms with Crippen LogP contribution in [0.1, 0.15) is 25.7 Å². The van der Waals surface area contributed by atoms with Crippen molar-refractivity contribution in [2.75, 3.05) is 32.8 Å². The van der Waals surface area contributed by atoms with Gasteiger partial charge in [-0.15, -0.1) is 0 Å². The Kier molecular flexibility index (Phi) is 4.76. The largest absolute Gasteiger partial charge is 0.381 e. The fourth-order valence-corrected chi connectivity index (χ4v) is 2.55. The van der Waals surface area contributed by atoms with Gasteiger partial charge in [0.25, 0.3) is 0 Å². The fraction of sp³-hybridized carbons (Fsp3) is 0.917. The molecule has 5 nitrogen and oxygen atoms in total. The minimum Gasteiger partial charge on any atom is -0.381 e. The summed E-state index contributed by atoms with van der Waals surface area (Å²) in [5, 5.41) is 3.08. The normalized spacial score (nSPS) is 27.9. The molecule has 5 heteroatoms. The quantitative estimate of drug-likeness (QED) is 0.712. The van der Waals surface area contributed by atoms with Gasteiger partial charge in [0.1, 0.15) is 0 Å². The SMILES string of the molecule is NC1CCCN(CC(=O)NC2CCOCC2)C1. The van der Waals surface area contributed by atoms with E-state index in [9.17, 15) is 4.79 Å². The summed E-state index contributed by atoms with van der Waals surface area (Å²) < 4.78 is 5.27. The first-order chi connectivity index (χ1) is 8.24. The third-order valence-corrected chi connectivity index (χ3v) is 3.50. The zero-order chi connectivity index (χ0) is 12.1. The van der Waals surface area contributed by atoms with Crippen LogP contribution in [0, 0.1) is 0 Å². The minimum atomic E-state index is 0.131.